The fourth-order valence-corrected chi connectivity index (χ4v) is 3.82. The SMILES string of the molecule is C[C@H]([C@H](C(=O)Nc1cc(C2(CC(=O)O)CC2)ccc1F)c1ccc(Cl)cc1)C(F)(F)F. The van der Waals surface area contributed by atoms with Gasteiger partial charge in [-0.3, -0.25) is 9.59 Å². The van der Waals surface area contributed by atoms with Gasteiger partial charge in [0.1, 0.15) is 5.82 Å². The molecule has 0 radical (unpaired) electrons. The number of carbonyl (C=O) groups is 2. The van der Waals surface area contributed by atoms with E-state index in [0.29, 0.717) is 23.4 Å². The quantitative estimate of drug-likeness (QED) is 0.508. The highest BCUT2D eigenvalue weighted by Crippen LogP contribution is 2.51. The second-order valence-electron chi connectivity index (χ2n) is 7.89. The first-order chi connectivity index (χ1) is 14.4. The Morgan fingerprint density at radius 2 is 1.77 bits per heavy atom. The maximum Gasteiger partial charge on any atom is 0.392 e. The number of alkyl halides is 3. The summed E-state index contributed by atoms with van der Waals surface area (Å²) >= 11 is 5.80. The highest BCUT2D eigenvalue weighted by Gasteiger charge is 2.47. The lowest BCUT2D eigenvalue weighted by Crippen LogP contribution is -2.34. The molecule has 0 bridgehead atoms. The van der Waals surface area contributed by atoms with E-state index in [2.05, 4.69) is 5.32 Å². The van der Waals surface area contributed by atoms with Crippen LogP contribution in [0.2, 0.25) is 5.02 Å². The fraction of sp³-hybridized carbons (Fsp3) is 0.364. The van der Waals surface area contributed by atoms with E-state index in [1.54, 1.807) is 0 Å². The highest BCUT2D eigenvalue weighted by atomic mass is 35.5. The third kappa shape index (κ3) is 5.18. The molecule has 0 aromatic heterocycles. The van der Waals surface area contributed by atoms with Gasteiger partial charge < -0.3 is 10.4 Å². The highest BCUT2D eigenvalue weighted by molar-refractivity contribution is 6.30. The van der Waals surface area contributed by atoms with Crippen LogP contribution >= 0.6 is 11.6 Å². The first kappa shape index (κ1) is 23.1. The molecule has 0 spiro atoms. The number of aliphatic carboxylic acids is 1. The lowest BCUT2D eigenvalue weighted by atomic mass is 9.85. The topological polar surface area (TPSA) is 66.4 Å². The van der Waals surface area contributed by atoms with Crippen LogP contribution in [-0.4, -0.2) is 23.2 Å². The number of hydrogen-bond donors (Lipinski definition) is 2. The number of amides is 1. The minimum absolute atomic E-state index is 0.0906. The molecular weight excluding hydrogens is 438 g/mol. The van der Waals surface area contributed by atoms with Gasteiger partial charge in [-0.1, -0.05) is 36.7 Å². The van der Waals surface area contributed by atoms with Crippen LogP contribution in [0.5, 0.6) is 0 Å². The number of rotatable bonds is 7. The Kier molecular flexibility index (Phi) is 6.32. The van der Waals surface area contributed by atoms with Crippen LogP contribution in [0.15, 0.2) is 42.5 Å². The van der Waals surface area contributed by atoms with Crippen molar-refractivity contribution < 1.29 is 32.3 Å². The molecule has 2 atom stereocenters. The standard InChI is InChI=1S/C22H20ClF4NO3/c1-12(22(25,26)27)19(13-2-5-15(23)6-3-13)20(31)28-17-10-14(4-7-16(17)24)21(8-9-21)11-18(29)30/h2-7,10,12,19H,8-9,11H2,1H3,(H,28,31)(H,29,30)/t12-,19+/m1/s1. The van der Waals surface area contributed by atoms with Crippen LogP contribution in [0.1, 0.15) is 43.2 Å². The summed E-state index contributed by atoms with van der Waals surface area (Å²) in [4.78, 5) is 24.0. The fourth-order valence-electron chi connectivity index (χ4n) is 3.70. The van der Waals surface area contributed by atoms with Gasteiger partial charge in [-0.2, -0.15) is 13.2 Å². The van der Waals surface area contributed by atoms with Crippen molar-refractivity contribution in [1.82, 2.24) is 0 Å². The van der Waals surface area contributed by atoms with Gasteiger partial charge in [0.25, 0.3) is 0 Å². The van der Waals surface area contributed by atoms with E-state index in [4.69, 9.17) is 16.7 Å². The molecule has 166 valence electrons. The van der Waals surface area contributed by atoms with E-state index < -0.39 is 41.1 Å². The van der Waals surface area contributed by atoms with Gasteiger partial charge in [-0.25, -0.2) is 4.39 Å². The molecule has 1 aliphatic rings. The number of halogens is 5. The largest absolute Gasteiger partial charge is 0.481 e. The lowest BCUT2D eigenvalue weighted by Gasteiger charge is -2.26. The van der Waals surface area contributed by atoms with Gasteiger partial charge in [0.15, 0.2) is 0 Å². The average Bonchev–Trinajstić information content (AvgIpc) is 3.44. The van der Waals surface area contributed by atoms with Crippen molar-refractivity contribution in [3.8, 4) is 0 Å². The minimum Gasteiger partial charge on any atom is -0.481 e. The zero-order valence-corrected chi connectivity index (χ0v) is 17.2. The van der Waals surface area contributed by atoms with E-state index in [1.807, 2.05) is 0 Å². The summed E-state index contributed by atoms with van der Waals surface area (Å²) in [5.41, 5.74) is -0.313. The molecule has 1 saturated carbocycles. The van der Waals surface area contributed by atoms with Gasteiger partial charge in [-0.05, 0) is 48.2 Å². The Morgan fingerprint density at radius 1 is 1.16 bits per heavy atom. The molecule has 3 rings (SSSR count). The van der Waals surface area contributed by atoms with Gasteiger partial charge in [0.05, 0.1) is 23.9 Å². The maximum atomic E-state index is 14.4. The van der Waals surface area contributed by atoms with Crippen molar-refractivity contribution in [2.24, 2.45) is 5.92 Å². The van der Waals surface area contributed by atoms with Crippen molar-refractivity contribution in [3.63, 3.8) is 0 Å². The van der Waals surface area contributed by atoms with E-state index in [0.717, 1.165) is 13.0 Å². The van der Waals surface area contributed by atoms with Crippen LogP contribution in [0, 0.1) is 11.7 Å². The molecule has 31 heavy (non-hydrogen) atoms. The minimum atomic E-state index is -4.67. The summed E-state index contributed by atoms with van der Waals surface area (Å²) in [5.74, 6) is -6.52. The van der Waals surface area contributed by atoms with E-state index >= 15 is 0 Å². The monoisotopic (exact) mass is 457 g/mol. The van der Waals surface area contributed by atoms with Crippen LogP contribution < -0.4 is 5.32 Å². The molecule has 2 aromatic rings. The Hall–Kier alpha value is -2.61. The van der Waals surface area contributed by atoms with E-state index in [9.17, 15) is 27.2 Å². The molecule has 1 fully saturated rings. The molecule has 0 heterocycles. The second-order valence-corrected chi connectivity index (χ2v) is 8.33. The van der Waals surface area contributed by atoms with Crippen molar-refractivity contribution in [3.05, 3.63) is 64.4 Å². The zero-order chi connectivity index (χ0) is 23.0. The molecule has 4 nitrogen and oxygen atoms in total. The van der Waals surface area contributed by atoms with Crippen molar-refractivity contribution >= 4 is 29.2 Å². The molecule has 1 amide bonds. The van der Waals surface area contributed by atoms with Crippen molar-refractivity contribution in [2.75, 3.05) is 5.32 Å². The maximum absolute atomic E-state index is 14.4. The molecule has 2 N–H and O–H groups in total. The number of hydrogen-bond acceptors (Lipinski definition) is 2. The van der Waals surface area contributed by atoms with Crippen LogP contribution in [-0.2, 0) is 15.0 Å². The first-order valence-electron chi connectivity index (χ1n) is 9.58. The van der Waals surface area contributed by atoms with Gasteiger partial charge >= 0.3 is 12.1 Å². The third-order valence-electron chi connectivity index (χ3n) is 5.71. The zero-order valence-electron chi connectivity index (χ0n) is 16.5. The Labute approximate surface area is 181 Å². The summed E-state index contributed by atoms with van der Waals surface area (Å²) in [6.07, 6.45) is -3.63. The van der Waals surface area contributed by atoms with Crippen LogP contribution in [0.25, 0.3) is 0 Å². The van der Waals surface area contributed by atoms with Crippen LogP contribution in [0.3, 0.4) is 0 Å². The normalized spacial score (nSPS) is 17.0. The van der Waals surface area contributed by atoms with Crippen molar-refractivity contribution in [2.45, 2.75) is 43.7 Å². The lowest BCUT2D eigenvalue weighted by molar-refractivity contribution is -0.178. The number of carbonyl (C=O) groups excluding carboxylic acids is 1. The van der Waals surface area contributed by atoms with Crippen LogP contribution in [0.4, 0.5) is 23.2 Å². The summed E-state index contributed by atoms with van der Waals surface area (Å²) in [6.45, 7) is 0.887. The molecular formula is C22H20ClF4NO3. The number of anilines is 1. The summed E-state index contributed by atoms with van der Waals surface area (Å²) in [5, 5.41) is 11.7. The molecule has 0 saturated heterocycles. The number of benzene rings is 2. The van der Waals surface area contributed by atoms with E-state index in [1.165, 1.54) is 36.4 Å². The average molecular weight is 458 g/mol. The summed E-state index contributed by atoms with van der Waals surface area (Å²) in [7, 11) is 0. The predicted molar refractivity (Wildman–Crippen MR) is 108 cm³/mol. The summed E-state index contributed by atoms with van der Waals surface area (Å²) < 4.78 is 54.8. The molecule has 9 heteroatoms. The number of nitrogens with one attached hydrogen (secondary N) is 1. The second kappa shape index (κ2) is 8.49. The smallest absolute Gasteiger partial charge is 0.392 e. The third-order valence-corrected chi connectivity index (χ3v) is 5.96. The summed E-state index contributed by atoms with van der Waals surface area (Å²) in [6, 6.07) is 9.24. The Balaban J connectivity index is 1.92. The van der Waals surface area contributed by atoms with Gasteiger partial charge in [0, 0.05) is 10.4 Å². The van der Waals surface area contributed by atoms with E-state index in [-0.39, 0.29) is 17.7 Å². The Bertz CT molecular complexity index is 987. The number of carboxylic acid groups (broad SMARTS) is 1. The van der Waals surface area contributed by atoms with Gasteiger partial charge in [-0.15, -0.1) is 0 Å². The van der Waals surface area contributed by atoms with Crippen molar-refractivity contribution in [1.29, 1.82) is 0 Å². The molecule has 1 aliphatic carbocycles. The molecule has 0 aliphatic heterocycles. The Morgan fingerprint density at radius 3 is 2.29 bits per heavy atom. The first-order valence-corrected chi connectivity index (χ1v) is 9.96. The number of carboxylic acids is 1. The molecule has 0 unspecified atom stereocenters. The molecule has 2 aromatic carbocycles. The predicted octanol–water partition coefficient (Wildman–Crippen LogP) is 5.91. The van der Waals surface area contributed by atoms with Gasteiger partial charge in [0.2, 0.25) is 5.91 Å².